The normalized spacial score (nSPS) is 10.2. The minimum atomic E-state index is -0.879. The van der Waals surface area contributed by atoms with Crippen LogP contribution in [0.3, 0.4) is 0 Å². The zero-order valence-electron chi connectivity index (χ0n) is 14.4. The van der Waals surface area contributed by atoms with Crippen LogP contribution >= 0.6 is 0 Å². The largest absolute Gasteiger partial charge is 0.482 e. The molecular formula is C17H23NO6. The third-order valence-corrected chi connectivity index (χ3v) is 3.11. The predicted octanol–water partition coefficient (Wildman–Crippen LogP) is 2.31. The molecule has 1 rings (SSSR count). The van der Waals surface area contributed by atoms with Crippen LogP contribution in [0.4, 0.5) is 4.79 Å². The summed E-state index contributed by atoms with van der Waals surface area (Å²) in [7, 11) is 0. The molecule has 0 unspecified atom stereocenters. The van der Waals surface area contributed by atoms with Crippen LogP contribution in [-0.2, 0) is 19.1 Å². The highest BCUT2D eigenvalue weighted by Gasteiger charge is 2.13. The number of rotatable bonds is 7. The third-order valence-electron chi connectivity index (χ3n) is 3.11. The Hall–Kier alpha value is -2.57. The van der Waals surface area contributed by atoms with E-state index >= 15 is 0 Å². The first kappa shape index (κ1) is 19.5. The molecule has 0 saturated heterocycles. The lowest BCUT2D eigenvalue weighted by Gasteiger charge is -2.12. The van der Waals surface area contributed by atoms with E-state index in [1.54, 1.807) is 6.92 Å². The van der Waals surface area contributed by atoms with Crippen molar-refractivity contribution in [3.8, 4) is 5.75 Å². The zero-order valence-corrected chi connectivity index (χ0v) is 14.4. The quantitative estimate of drug-likeness (QED) is 0.768. The Labute approximate surface area is 141 Å². The Morgan fingerprint density at radius 2 is 1.83 bits per heavy atom. The van der Waals surface area contributed by atoms with Gasteiger partial charge in [-0.15, -0.1) is 0 Å². The average Bonchev–Trinajstić information content (AvgIpc) is 2.52. The highest BCUT2D eigenvalue weighted by atomic mass is 16.6. The van der Waals surface area contributed by atoms with Gasteiger partial charge in [-0.2, -0.15) is 0 Å². The van der Waals surface area contributed by atoms with Crippen LogP contribution in [0.15, 0.2) is 18.2 Å². The molecule has 0 heterocycles. The van der Waals surface area contributed by atoms with Gasteiger partial charge >= 0.3 is 12.1 Å². The van der Waals surface area contributed by atoms with Crippen molar-refractivity contribution in [2.24, 2.45) is 0 Å². The summed E-state index contributed by atoms with van der Waals surface area (Å²) in [6, 6.07) is 5.80. The fourth-order valence-corrected chi connectivity index (χ4v) is 1.77. The molecule has 0 radical (unpaired) electrons. The molecule has 0 spiro atoms. The van der Waals surface area contributed by atoms with E-state index in [2.05, 4.69) is 18.6 Å². The number of benzene rings is 1. The second kappa shape index (κ2) is 9.54. The van der Waals surface area contributed by atoms with Crippen LogP contribution in [0.25, 0.3) is 0 Å². The van der Waals surface area contributed by atoms with Crippen LogP contribution in [-0.4, -0.2) is 37.8 Å². The van der Waals surface area contributed by atoms with E-state index in [0.29, 0.717) is 11.7 Å². The van der Waals surface area contributed by atoms with Crippen LogP contribution in [0, 0.1) is 6.92 Å². The van der Waals surface area contributed by atoms with Gasteiger partial charge in [-0.3, -0.25) is 10.1 Å². The number of aryl methyl sites for hydroxylation is 1. The smallest absolute Gasteiger partial charge is 0.413 e. The Morgan fingerprint density at radius 3 is 2.46 bits per heavy atom. The summed E-state index contributed by atoms with van der Waals surface area (Å²) >= 11 is 0. The minimum Gasteiger partial charge on any atom is -0.482 e. The van der Waals surface area contributed by atoms with Crippen molar-refractivity contribution < 1.29 is 28.6 Å². The minimum absolute atomic E-state index is 0.140. The lowest BCUT2D eigenvalue weighted by molar-refractivity contribution is -0.150. The second-order valence-corrected chi connectivity index (χ2v) is 5.40. The number of carbonyl (C=O) groups is 3. The fourth-order valence-electron chi connectivity index (χ4n) is 1.77. The van der Waals surface area contributed by atoms with Gasteiger partial charge in [0.05, 0.1) is 6.61 Å². The van der Waals surface area contributed by atoms with Gasteiger partial charge in [-0.05, 0) is 37.0 Å². The van der Waals surface area contributed by atoms with Gasteiger partial charge in [-0.1, -0.05) is 26.0 Å². The van der Waals surface area contributed by atoms with Crippen molar-refractivity contribution in [1.82, 2.24) is 5.32 Å². The average molecular weight is 337 g/mol. The lowest BCUT2D eigenvalue weighted by Crippen LogP contribution is -2.35. The molecule has 0 aliphatic carbocycles. The van der Waals surface area contributed by atoms with Crippen molar-refractivity contribution in [3.05, 3.63) is 29.3 Å². The molecule has 1 aromatic carbocycles. The fraction of sp³-hybridized carbons (Fsp3) is 0.471. The Bertz CT molecular complexity index is 597. The number of carbonyl (C=O) groups excluding carboxylic acids is 3. The number of hydrogen-bond acceptors (Lipinski definition) is 6. The molecule has 0 atom stereocenters. The molecule has 0 saturated carbocycles. The number of ether oxygens (including phenoxy) is 3. The maximum absolute atomic E-state index is 11.6. The van der Waals surface area contributed by atoms with Crippen molar-refractivity contribution in [2.75, 3.05) is 19.8 Å². The zero-order chi connectivity index (χ0) is 18.1. The molecule has 1 aromatic rings. The second-order valence-electron chi connectivity index (χ2n) is 5.40. The molecule has 1 N–H and O–H groups in total. The number of nitrogens with one attached hydrogen (secondary N) is 1. The van der Waals surface area contributed by atoms with Crippen molar-refractivity contribution in [2.45, 2.75) is 33.6 Å². The molecule has 0 aromatic heterocycles. The molecule has 24 heavy (non-hydrogen) atoms. The van der Waals surface area contributed by atoms with E-state index in [1.807, 2.05) is 30.4 Å². The van der Waals surface area contributed by atoms with E-state index in [-0.39, 0.29) is 13.2 Å². The van der Waals surface area contributed by atoms with Gasteiger partial charge in [-0.25, -0.2) is 9.59 Å². The Morgan fingerprint density at radius 1 is 1.12 bits per heavy atom. The molecule has 0 fully saturated rings. The number of amides is 2. The topological polar surface area (TPSA) is 90.9 Å². The molecule has 2 amide bonds. The highest BCUT2D eigenvalue weighted by molar-refractivity contribution is 5.93. The summed E-state index contributed by atoms with van der Waals surface area (Å²) in [6.07, 6.45) is -0.879. The molecule has 0 bridgehead atoms. The van der Waals surface area contributed by atoms with Crippen LogP contribution < -0.4 is 10.1 Å². The van der Waals surface area contributed by atoms with Crippen LogP contribution in [0.5, 0.6) is 5.75 Å². The van der Waals surface area contributed by atoms with E-state index in [1.165, 1.54) is 0 Å². The van der Waals surface area contributed by atoms with Gasteiger partial charge in [0.1, 0.15) is 5.75 Å². The van der Waals surface area contributed by atoms with E-state index < -0.39 is 24.6 Å². The van der Waals surface area contributed by atoms with Crippen LogP contribution in [0.1, 0.15) is 37.8 Å². The summed E-state index contributed by atoms with van der Waals surface area (Å²) < 4.78 is 14.7. The van der Waals surface area contributed by atoms with Crippen molar-refractivity contribution in [3.63, 3.8) is 0 Å². The Kier molecular flexibility index (Phi) is 7.74. The Balaban J connectivity index is 2.43. The molecule has 0 aliphatic rings. The summed E-state index contributed by atoms with van der Waals surface area (Å²) in [5.74, 6) is -0.538. The van der Waals surface area contributed by atoms with Gasteiger partial charge in [0.2, 0.25) is 0 Å². The van der Waals surface area contributed by atoms with Gasteiger partial charge in [0, 0.05) is 0 Å². The van der Waals surface area contributed by atoms with Gasteiger partial charge in [0.25, 0.3) is 5.91 Å². The standard InChI is InChI=1S/C17H23NO6/c1-5-22-17(21)18-15(19)9-24-16(20)10-23-14-8-13(11(2)3)7-6-12(14)4/h6-8,11H,5,9-10H2,1-4H3,(H,18,19,21). The predicted molar refractivity (Wildman–Crippen MR) is 86.9 cm³/mol. The highest BCUT2D eigenvalue weighted by Crippen LogP contribution is 2.24. The molecule has 0 aliphatic heterocycles. The lowest BCUT2D eigenvalue weighted by atomic mass is 10.0. The summed E-state index contributed by atoms with van der Waals surface area (Å²) in [5, 5.41) is 1.92. The number of esters is 1. The molecule has 132 valence electrons. The van der Waals surface area contributed by atoms with E-state index in [0.717, 1.165) is 11.1 Å². The van der Waals surface area contributed by atoms with Gasteiger partial charge in [0.15, 0.2) is 13.2 Å². The van der Waals surface area contributed by atoms with Gasteiger partial charge < -0.3 is 14.2 Å². The first-order valence-corrected chi connectivity index (χ1v) is 7.69. The molecule has 7 heteroatoms. The first-order valence-electron chi connectivity index (χ1n) is 7.69. The first-order chi connectivity index (χ1) is 11.3. The molecular weight excluding hydrogens is 314 g/mol. The number of alkyl carbamates (subject to hydrolysis) is 1. The van der Waals surface area contributed by atoms with E-state index in [9.17, 15) is 14.4 Å². The number of imide groups is 1. The number of hydrogen-bond donors (Lipinski definition) is 1. The maximum atomic E-state index is 11.6. The third kappa shape index (κ3) is 6.68. The summed E-state index contributed by atoms with van der Waals surface area (Å²) in [5.41, 5.74) is 1.99. The van der Waals surface area contributed by atoms with Crippen molar-refractivity contribution >= 4 is 18.0 Å². The molecule has 7 nitrogen and oxygen atoms in total. The monoisotopic (exact) mass is 337 g/mol. The SMILES string of the molecule is CCOC(=O)NC(=O)COC(=O)COc1cc(C(C)C)ccc1C. The van der Waals surface area contributed by atoms with E-state index in [4.69, 9.17) is 9.47 Å². The summed E-state index contributed by atoms with van der Waals surface area (Å²) in [4.78, 5) is 34.0. The van der Waals surface area contributed by atoms with Crippen LogP contribution in [0.2, 0.25) is 0 Å². The van der Waals surface area contributed by atoms with Crippen molar-refractivity contribution in [1.29, 1.82) is 0 Å². The maximum Gasteiger partial charge on any atom is 0.413 e. The summed E-state index contributed by atoms with van der Waals surface area (Å²) in [6.45, 7) is 6.84.